The van der Waals surface area contributed by atoms with Gasteiger partial charge in [0.25, 0.3) is 0 Å². The predicted octanol–water partition coefficient (Wildman–Crippen LogP) is 2.23. The fourth-order valence-electron chi connectivity index (χ4n) is 3.31. The summed E-state index contributed by atoms with van der Waals surface area (Å²) < 4.78 is 46.0. The summed E-state index contributed by atoms with van der Waals surface area (Å²) in [5.74, 6) is -0.311. The fraction of sp³-hybridized carbons (Fsp3) is 0.625. The monoisotopic (exact) mass is 342 g/mol. The molecule has 0 aromatic heterocycles. The number of rotatable bonds is 5. The van der Waals surface area contributed by atoms with Crippen molar-refractivity contribution in [3.8, 4) is 0 Å². The van der Waals surface area contributed by atoms with Crippen LogP contribution in [0.3, 0.4) is 0 Å². The van der Waals surface area contributed by atoms with E-state index in [1.165, 1.54) is 16.4 Å². The largest absolute Gasteiger partial charge is 0.381 e. The molecule has 2 aliphatic rings. The van der Waals surface area contributed by atoms with Crippen LogP contribution in [0.25, 0.3) is 0 Å². The smallest absolute Gasteiger partial charge is 0.235 e. The summed E-state index contributed by atoms with van der Waals surface area (Å²) in [6.45, 7) is 5.02. The zero-order valence-electron chi connectivity index (χ0n) is 13.4. The number of anilines is 2. The highest BCUT2D eigenvalue weighted by Gasteiger charge is 2.33. The molecule has 1 aromatic rings. The number of sulfonamides is 1. The summed E-state index contributed by atoms with van der Waals surface area (Å²) in [6.07, 6.45) is 1.73. The van der Waals surface area contributed by atoms with Crippen LogP contribution in [0.1, 0.15) is 19.8 Å². The van der Waals surface area contributed by atoms with Crippen LogP contribution < -0.4 is 9.21 Å². The molecule has 0 unspecified atom stereocenters. The Hall–Kier alpha value is -1.34. The minimum absolute atomic E-state index is 0.0330. The molecule has 7 heteroatoms. The summed E-state index contributed by atoms with van der Waals surface area (Å²) in [5, 5.41) is 0. The minimum atomic E-state index is -3.48. The molecular formula is C16H23FN2O3S. The summed E-state index contributed by atoms with van der Waals surface area (Å²) in [7, 11) is -3.48. The van der Waals surface area contributed by atoms with Gasteiger partial charge in [-0.1, -0.05) is 6.92 Å². The van der Waals surface area contributed by atoms with Gasteiger partial charge >= 0.3 is 0 Å². The Morgan fingerprint density at radius 3 is 2.83 bits per heavy atom. The van der Waals surface area contributed by atoms with Gasteiger partial charge in [0.1, 0.15) is 5.82 Å². The third kappa shape index (κ3) is 3.45. The first-order chi connectivity index (χ1) is 11.0. The van der Waals surface area contributed by atoms with Gasteiger partial charge in [-0.15, -0.1) is 0 Å². The second-order valence-corrected chi connectivity index (χ2v) is 8.14. The van der Waals surface area contributed by atoms with Crippen molar-refractivity contribution in [1.29, 1.82) is 0 Å². The van der Waals surface area contributed by atoms with Crippen LogP contribution in [0.2, 0.25) is 0 Å². The SMILES string of the molecule is CCCN1CCN(S(=O)(=O)C[C@H]2CCOC2)c2cc(F)ccc21. The summed E-state index contributed by atoms with van der Waals surface area (Å²) in [4.78, 5) is 2.12. The van der Waals surface area contributed by atoms with Gasteiger partial charge in [-0.3, -0.25) is 4.31 Å². The van der Waals surface area contributed by atoms with Gasteiger partial charge in [0.15, 0.2) is 0 Å². The van der Waals surface area contributed by atoms with Crippen LogP contribution in [0.4, 0.5) is 15.8 Å². The Kier molecular flexibility index (Phi) is 4.77. The van der Waals surface area contributed by atoms with Gasteiger partial charge in [-0.05, 0) is 25.0 Å². The molecule has 0 bridgehead atoms. The van der Waals surface area contributed by atoms with Crippen molar-refractivity contribution in [2.45, 2.75) is 19.8 Å². The molecule has 2 aliphatic heterocycles. The lowest BCUT2D eigenvalue weighted by molar-refractivity contribution is 0.188. The maximum atomic E-state index is 13.7. The number of hydrogen-bond acceptors (Lipinski definition) is 4. The fourth-order valence-corrected chi connectivity index (χ4v) is 5.15. The predicted molar refractivity (Wildman–Crippen MR) is 89.0 cm³/mol. The first kappa shape index (κ1) is 16.5. The van der Waals surface area contributed by atoms with E-state index >= 15 is 0 Å². The van der Waals surface area contributed by atoms with Crippen molar-refractivity contribution in [2.24, 2.45) is 5.92 Å². The number of halogens is 1. The first-order valence-electron chi connectivity index (χ1n) is 8.14. The Morgan fingerprint density at radius 2 is 2.13 bits per heavy atom. The van der Waals surface area contributed by atoms with Gasteiger partial charge in [0.2, 0.25) is 10.0 Å². The molecule has 1 atom stereocenters. The molecule has 3 rings (SSSR count). The number of fused-ring (bicyclic) bond motifs is 1. The maximum Gasteiger partial charge on any atom is 0.235 e. The standard InChI is InChI=1S/C16H23FN2O3S/c1-2-6-18-7-8-19(16-10-14(17)3-4-15(16)18)23(20,21)12-13-5-9-22-11-13/h3-4,10,13H,2,5-9,11-12H2,1H3/t13-/m0/s1. The summed E-state index contributed by atoms with van der Waals surface area (Å²) >= 11 is 0. The molecule has 0 N–H and O–H groups in total. The summed E-state index contributed by atoms with van der Waals surface area (Å²) in [5.41, 5.74) is 1.26. The quantitative estimate of drug-likeness (QED) is 0.823. The molecule has 2 heterocycles. The Balaban J connectivity index is 1.90. The molecule has 0 aliphatic carbocycles. The lowest BCUT2D eigenvalue weighted by Crippen LogP contribution is -2.46. The molecule has 0 radical (unpaired) electrons. The van der Waals surface area contributed by atoms with E-state index in [2.05, 4.69) is 11.8 Å². The van der Waals surface area contributed by atoms with Gasteiger partial charge < -0.3 is 9.64 Å². The van der Waals surface area contributed by atoms with E-state index in [0.717, 1.165) is 25.1 Å². The highest BCUT2D eigenvalue weighted by Crippen LogP contribution is 2.36. The van der Waals surface area contributed by atoms with E-state index < -0.39 is 15.8 Å². The maximum absolute atomic E-state index is 13.7. The molecule has 1 fully saturated rings. The molecule has 128 valence electrons. The number of hydrogen-bond donors (Lipinski definition) is 0. The highest BCUT2D eigenvalue weighted by molar-refractivity contribution is 7.92. The average molecular weight is 342 g/mol. The number of benzene rings is 1. The number of nitrogens with zero attached hydrogens (tertiary/aromatic N) is 2. The van der Waals surface area contributed by atoms with Crippen molar-refractivity contribution in [2.75, 3.05) is 47.8 Å². The lowest BCUT2D eigenvalue weighted by Gasteiger charge is -2.38. The first-order valence-corrected chi connectivity index (χ1v) is 9.75. The zero-order chi connectivity index (χ0) is 16.4. The topological polar surface area (TPSA) is 49.9 Å². The van der Waals surface area contributed by atoms with Crippen molar-refractivity contribution in [1.82, 2.24) is 0 Å². The lowest BCUT2D eigenvalue weighted by atomic mass is 10.2. The Morgan fingerprint density at radius 1 is 1.30 bits per heavy atom. The van der Waals surface area contributed by atoms with E-state index in [4.69, 9.17) is 4.74 Å². The highest BCUT2D eigenvalue weighted by atomic mass is 32.2. The Bertz CT molecular complexity index is 659. The van der Waals surface area contributed by atoms with Crippen LogP contribution in [-0.4, -0.2) is 47.0 Å². The molecule has 5 nitrogen and oxygen atoms in total. The minimum Gasteiger partial charge on any atom is -0.381 e. The average Bonchev–Trinajstić information content (AvgIpc) is 2.99. The molecule has 0 spiro atoms. The second-order valence-electron chi connectivity index (χ2n) is 6.20. The molecule has 0 saturated carbocycles. The second kappa shape index (κ2) is 6.65. The molecule has 1 saturated heterocycles. The van der Waals surface area contributed by atoms with Gasteiger partial charge in [0, 0.05) is 31.7 Å². The van der Waals surface area contributed by atoms with Crippen molar-refractivity contribution >= 4 is 21.4 Å². The third-order valence-electron chi connectivity index (χ3n) is 4.42. The van der Waals surface area contributed by atoms with Crippen molar-refractivity contribution in [3.63, 3.8) is 0 Å². The van der Waals surface area contributed by atoms with Crippen molar-refractivity contribution < 1.29 is 17.5 Å². The van der Waals surface area contributed by atoms with E-state index in [1.54, 1.807) is 6.07 Å². The van der Waals surface area contributed by atoms with Gasteiger partial charge in [-0.2, -0.15) is 0 Å². The van der Waals surface area contributed by atoms with Gasteiger partial charge in [0.05, 0.1) is 30.3 Å². The Labute approximate surface area is 137 Å². The van der Waals surface area contributed by atoms with Crippen molar-refractivity contribution in [3.05, 3.63) is 24.0 Å². The number of ether oxygens (including phenoxy) is 1. The third-order valence-corrected chi connectivity index (χ3v) is 6.36. The van der Waals surface area contributed by atoms with Crippen LogP contribution in [0, 0.1) is 11.7 Å². The van der Waals surface area contributed by atoms with E-state index in [1.807, 2.05) is 0 Å². The van der Waals surface area contributed by atoms with Crippen LogP contribution in [0.15, 0.2) is 18.2 Å². The zero-order valence-corrected chi connectivity index (χ0v) is 14.2. The van der Waals surface area contributed by atoms with E-state index in [9.17, 15) is 12.8 Å². The van der Waals surface area contributed by atoms with E-state index in [0.29, 0.717) is 32.0 Å². The van der Waals surface area contributed by atoms with Crippen LogP contribution >= 0.6 is 0 Å². The molecule has 0 amide bonds. The molecule has 1 aromatic carbocycles. The molecular weight excluding hydrogens is 319 g/mol. The summed E-state index contributed by atoms with van der Waals surface area (Å²) in [6, 6.07) is 4.41. The normalized spacial score (nSPS) is 21.6. The van der Waals surface area contributed by atoms with E-state index in [-0.39, 0.29) is 11.7 Å². The van der Waals surface area contributed by atoms with Crippen LogP contribution in [0.5, 0.6) is 0 Å². The van der Waals surface area contributed by atoms with Crippen LogP contribution in [-0.2, 0) is 14.8 Å². The molecule has 23 heavy (non-hydrogen) atoms. The van der Waals surface area contributed by atoms with Gasteiger partial charge in [-0.25, -0.2) is 12.8 Å².